The van der Waals surface area contributed by atoms with Gasteiger partial charge in [0.1, 0.15) is 6.04 Å². The molecule has 1 aliphatic rings. The van der Waals surface area contributed by atoms with Gasteiger partial charge in [-0.1, -0.05) is 52.5 Å². The van der Waals surface area contributed by atoms with E-state index in [0.717, 1.165) is 38.0 Å². The number of likely N-dealkylation sites (tertiary alicyclic amines) is 1. The van der Waals surface area contributed by atoms with E-state index in [9.17, 15) is 9.59 Å². The summed E-state index contributed by atoms with van der Waals surface area (Å²) in [6, 6.07) is 9.67. The van der Waals surface area contributed by atoms with Crippen LogP contribution in [0.15, 0.2) is 36.4 Å². The summed E-state index contributed by atoms with van der Waals surface area (Å²) in [5.41, 5.74) is 1.49. The number of hydrogen-bond acceptors (Lipinski definition) is 3. The Balaban J connectivity index is 1.39. The molecule has 0 aromatic heterocycles. The van der Waals surface area contributed by atoms with Crippen LogP contribution in [0.1, 0.15) is 35.7 Å². The molecule has 2 N–H and O–H groups in total. The highest BCUT2D eigenvalue weighted by Crippen LogP contribution is 2.25. The van der Waals surface area contributed by atoms with Crippen LogP contribution in [0, 0.1) is 5.92 Å². The number of benzene rings is 2. The molecule has 1 heterocycles. The third kappa shape index (κ3) is 7.00. The summed E-state index contributed by atoms with van der Waals surface area (Å²) in [5.74, 6) is -0.180. The van der Waals surface area contributed by atoms with Gasteiger partial charge in [-0.05, 0) is 74.7 Å². The van der Waals surface area contributed by atoms with E-state index in [-0.39, 0.29) is 11.8 Å². The van der Waals surface area contributed by atoms with Crippen LogP contribution in [0.2, 0.25) is 20.1 Å². The molecule has 0 unspecified atom stereocenters. The van der Waals surface area contributed by atoms with Gasteiger partial charge in [0.15, 0.2) is 0 Å². The van der Waals surface area contributed by atoms with Crippen molar-refractivity contribution >= 4 is 58.2 Å². The fourth-order valence-electron chi connectivity index (χ4n) is 3.63. The number of rotatable bonds is 7. The average Bonchev–Trinajstić information content (AvgIpc) is 2.77. The average molecular weight is 517 g/mol. The largest absolute Gasteiger partial charge is 0.354 e. The van der Waals surface area contributed by atoms with Gasteiger partial charge >= 0.3 is 0 Å². The fraction of sp³-hybridized carbons (Fsp3) is 0.391. The van der Waals surface area contributed by atoms with Gasteiger partial charge in [0, 0.05) is 18.7 Å². The summed E-state index contributed by atoms with van der Waals surface area (Å²) in [6.45, 7) is 4.97. The quantitative estimate of drug-likeness (QED) is 0.514. The Bertz CT molecular complexity index is 978. The maximum absolute atomic E-state index is 12.4. The first kappa shape index (κ1) is 25.1. The number of carbonyl (C=O) groups is 2. The smallest absolute Gasteiger partial charge is 0.251 e. The van der Waals surface area contributed by atoms with Gasteiger partial charge in [0.05, 0.1) is 20.1 Å². The molecule has 1 fully saturated rings. The molecule has 172 valence electrons. The molecule has 2 aromatic rings. The van der Waals surface area contributed by atoms with Crippen LogP contribution in [0.4, 0.5) is 0 Å². The van der Waals surface area contributed by atoms with Crippen molar-refractivity contribution in [3.05, 3.63) is 67.6 Å². The third-order valence-corrected chi connectivity index (χ3v) is 7.06. The van der Waals surface area contributed by atoms with Gasteiger partial charge in [-0.25, -0.2) is 0 Å². The number of nitrogens with one attached hydrogen (secondary N) is 2. The molecule has 0 bridgehead atoms. The van der Waals surface area contributed by atoms with E-state index in [0.29, 0.717) is 38.1 Å². The van der Waals surface area contributed by atoms with Gasteiger partial charge in [0.25, 0.3) is 5.91 Å². The minimum absolute atomic E-state index is 0.211. The first-order valence-electron chi connectivity index (χ1n) is 10.4. The number of carbonyl (C=O) groups excluding carboxylic acids is 2. The molecule has 0 radical (unpaired) electrons. The first-order chi connectivity index (χ1) is 15.2. The van der Waals surface area contributed by atoms with Crippen molar-refractivity contribution in [1.29, 1.82) is 0 Å². The van der Waals surface area contributed by atoms with Gasteiger partial charge in [-0.15, -0.1) is 0 Å². The third-order valence-electron chi connectivity index (χ3n) is 5.58. The van der Waals surface area contributed by atoms with Crippen molar-refractivity contribution < 1.29 is 9.59 Å². The molecule has 9 heteroatoms. The molecule has 0 saturated carbocycles. The monoisotopic (exact) mass is 515 g/mol. The Morgan fingerprint density at radius 2 is 1.59 bits per heavy atom. The van der Waals surface area contributed by atoms with Gasteiger partial charge in [-0.2, -0.15) is 0 Å². The summed E-state index contributed by atoms with van der Waals surface area (Å²) < 4.78 is 0. The predicted octanol–water partition coefficient (Wildman–Crippen LogP) is 5.45. The van der Waals surface area contributed by atoms with Crippen LogP contribution in [0.3, 0.4) is 0 Å². The Kier molecular flexibility index (Phi) is 9.09. The summed E-state index contributed by atoms with van der Waals surface area (Å²) >= 11 is 23.9. The Hall–Kier alpha value is -1.50. The highest BCUT2D eigenvalue weighted by molar-refractivity contribution is 6.42. The van der Waals surface area contributed by atoms with E-state index in [1.54, 1.807) is 19.1 Å². The maximum Gasteiger partial charge on any atom is 0.251 e. The lowest BCUT2D eigenvalue weighted by atomic mass is 9.96. The molecular formula is C23H25Cl4N3O2. The SMILES string of the molecule is C[C@H](NC(=O)c1ccc(Cl)c(Cl)c1)C(=O)NCC1CCN(Cc2ccc(Cl)c(Cl)c2)CC1. The Morgan fingerprint density at radius 1 is 0.969 bits per heavy atom. The van der Waals surface area contributed by atoms with Crippen molar-refractivity contribution in [1.82, 2.24) is 15.5 Å². The van der Waals surface area contributed by atoms with Crippen molar-refractivity contribution in [3.8, 4) is 0 Å². The lowest BCUT2D eigenvalue weighted by molar-refractivity contribution is -0.122. The number of piperidine rings is 1. The van der Waals surface area contributed by atoms with Crippen molar-refractivity contribution in [3.63, 3.8) is 0 Å². The van der Waals surface area contributed by atoms with E-state index in [1.807, 2.05) is 18.2 Å². The molecule has 2 aromatic carbocycles. The number of hydrogen-bond donors (Lipinski definition) is 2. The second kappa shape index (κ2) is 11.6. The number of amides is 2. The van der Waals surface area contributed by atoms with Crippen LogP contribution >= 0.6 is 46.4 Å². The fourth-order valence-corrected chi connectivity index (χ4v) is 4.24. The number of halogens is 4. The van der Waals surface area contributed by atoms with Crippen molar-refractivity contribution in [2.24, 2.45) is 5.92 Å². The molecule has 1 atom stereocenters. The lowest BCUT2D eigenvalue weighted by Gasteiger charge is -2.32. The molecule has 1 saturated heterocycles. The van der Waals surface area contributed by atoms with Crippen LogP contribution in [-0.4, -0.2) is 42.4 Å². The van der Waals surface area contributed by atoms with E-state index in [1.165, 1.54) is 6.07 Å². The second-order valence-electron chi connectivity index (χ2n) is 8.04. The first-order valence-corrected chi connectivity index (χ1v) is 11.9. The zero-order valence-corrected chi connectivity index (χ0v) is 20.7. The van der Waals surface area contributed by atoms with Crippen LogP contribution in [-0.2, 0) is 11.3 Å². The molecule has 32 heavy (non-hydrogen) atoms. The van der Waals surface area contributed by atoms with E-state index in [2.05, 4.69) is 15.5 Å². The zero-order chi connectivity index (χ0) is 23.3. The van der Waals surface area contributed by atoms with Crippen LogP contribution in [0.25, 0.3) is 0 Å². The second-order valence-corrected chi connectivity index (χ2v) is 9.67. The van der Waals surface area contributed by atoms with Crippen molar-refractivity contribution in [2.75, 3.05) is 19.6 Å². The van der Waals surface area contributed by atoms with Crippen LogP contribution in [0.5, 0.6) is 0 Å². The summed E-state index contributed by atoms with van der Waals surface area (Å²) in [7, 11) is 0. The minimum atomic E-state index is -0.660. The molecule has 0 aliphatic carbocycles. The van der Waals surface area contributed by atoms with Gasteiger partial charge < -0.3 is 10.6 Å². The highest BCUT2D eigenvalue weighted by atomic mass is 35.5. The lowest BCUT2D eigenvalue weighted by Crippen LogP contribution is -2.47. The molecular weight excluding hydrogens is 492 g/mol. The van der Waals surface area contributed by atoms with E-state index < -0.39 is 6.04 Å². The zero-order valence-electron chi connectivity index (χ0n) is 17.6. The van der Waals surface area contributed by atoms with E-state index in [4.69, 9.17) is 46.4 Å². The van der Waals surface area contributed by atoms with E-state index >= 15 is 0 Å². The molecule has 5 nitrogen and oxygen atoms in total. The standard InChI is InChI=1S/C23H25Cl4N3O2/c1-14(29-23(32)17-3-5-19(25)21(27)11-17)22(31)28-12-15-6-8-30(9-7-15)13-16-2-4-18(24)20(26)10-16/h2-5,10-11,14-15H,6-9,12-13H2,1H3,(H,28,31)(H,29,32)/t14-/m0/s1. The van der Waals surface area contributed by atoms with Crippen molar-refractivity contribution in [2.45, 2.75) is 32.4 Å². The molecule has 0 spiro atoms. The highest BCUT2D eigenvalue weighted by Gasteiger charge is 2.22. The Morgan fingerprint density at radius 3 is 2.22 bits per heavy atom. The molecule has 2 amide bonds. The summed E-state index contributed by atoms with van der Waals surface area (Å²) in [5, 5.41) is 7.45. The normalized spacial score (nSPS) is 15.9. The molecule has 1 aliphatic heterocycles. The number of nitrogens with zero attached hydrogens (tertiary/aromatic N) is 1. The summed E-state index contributed by atoms with van der Waals surface area (Å²) in [4.78, 5) is 27.1. The topological polar surface area (TPSA) is 61.4 Å². The molecule has 3 rings (SSSR count). The summed E-state index contributed by atoms with van der Waals surface area (Å²) in [6.07, 6.45) is 1.98. The van der Waals surface area contributed by atoms with Gasteiger partial charge in [-0.3, -0.25) is 14.5 Å². The van der Waals surface area contributed by atoms with Crippen LogP contribution < -0.4 is 10.6 Å². The minimum Gasteiger partial charge on any atom is -0.354 e. The Labute approximate surface area is 208 Å². The van der Waals surface area contributed by atoms with Gasteiger partial charge in [0.2, 0.25) is 5.91 Å². The maximum atomic E-state index is 12.4. The predicted molar refractivity (Wildman–Crippen MR) is 131 cm³/mol.